The Bertz CT molecular complexity index is 498. The van der Waals surface area contributed by atoms with Gasteiger partial charge in [-0.1, -0.05) is 13.8 Å². The van der Waals surface area contributed by atoms with Gasteiger partial charge in [0.15, 0.2) is 0 Å². The minimum Gasteiger partial charge on any atom is -0.399 e. The fourth-order valence-corrected chi connectivity index (χ4v) is 2.34. The maximum absolute atomic E-state index is 11.8. The first-order valence-corrected chi connectivity index (χ1v) is 8.69. The SMILES string of the molecule is CCN(CC)CCNC(=O)CCCCC(=O)Nc1ccc(N)cc1. The summed E-state index contributed by atoms with van der Waals surface area (Å²) in [6, 6.07) is 7.05. The number of nitrogens with zero attached hydrogens (tertiary/aromatic N) is 1. The first-order chi connectivity index (χ1) is 11.5. The topological polar surface area (TPSA) is 87.5 Å². The molecule has 1 aromatic rings. The molecular formula is C18H30N4O2. The summed E-state index contributed by atoms with van der Waals surface area (Å²) in [6.07, 6.45) is 2.29. The summed E-state index contributed by atoms with van der Waals surface area (Å²) >= 11 is 0. The first kappa shape index (κ1) is 20.0. The molecule has 6 nitrogen and oxygen atoms in total. The average Bonchev–Trinajstić information content (AvgIpc) is 2.58. The molecule has 0 radical (unpaired) electrons. The molecule has 6 heteroatoms. The Morgan fingerprint density at radius 1 is 1.00 bits per heavy atom. The summed E-state index contributed by atoms with van der Waals surface area (Å²) in [6.45, 7) is 7.77. The Morgan fingerprint density at radius 2 is 1.58 bits per heavy atom. The smallest absolute Gasteiger partial charge is 0.224 e. The fourth-order valence-electron chi connectivity index (χ4n) is 2.34. The number of nitrogens with two attached hydrogens (primary N) is 1. The van der Waals surface area contributed by atoms with E-state index in [0.717, 1.165) is 25.3 Å². The van der Waals surface area contributed by atoms with Crippen molar-refractivity contribution in [3.8, 4) is 0 Å². The number of hydrogen-bond donors (Lipinski definition) is 3. The molecule has 134 valence electrons. The largest absolute Gasteiger partial charge is 0.399 e. The molecule has 0 aromatic heterocycles. The average molecular weight is 334 g/mol. The van der Waals surface area contributed by atoms with Crippen LogP contribution in [0.25, 0.3) is 0 Å². The molecule has 0 heterocycles. The van der Waals surface area contributed by atoms with Crippen molar-refractivity contribution in [3.05, 3.63) is 24.3 Å². The zero-order valence-electron chi connectivity index (χ0n) is 14.8. The van der Waals surface area contributed by atoms with Gasteiger partial charge in [0.05, 0.1) is 0 Å². The van der Waals surface area contributed by atoms with Gasteiger partial charge in [0, 0.05) is 37.3 Å². The number of nitrogen functional groups attached to an aromatic ring is 1. The van der Waals surface area contributed by atoms with Crippen molar-refractivity contribution in [1.29, 1.82) is 0 Å². The van der Waals surface area contributed by atoms with Gasteiger partial charge in [-0.05, 0) is 50.2 Å². The number of benzene rings is 1. The molecule has 0 fully saturated rings. The Kier molecular flexibility index (Phi) is 9.53. The molecule has 2 amide bonds. The third kappa shape index (κ3) is 8.53. The zero-order valence-corrected chi connectivity index (χ0v) is 14.8. The molecule has 0 saturated heterocycles. The van der Waals surface area contributed by atoms with Crippen LogP contribution in [0.15, 0.2) is 24.3 Å². The van der Waals surface area contributed by atoms with Gasteiger partial charge in [0.25, 0.3) is 0 Å². The predicted molar refractivity (Wildman–Crippen MR) is 98.7 cm³/mol. The molecule has 0 aliphatic heterocycles. The van der Waals surface area contributed by atoms with E-state index in [1.807, 2.05) is 0 Å². The number of unbranched alkanes of at least 4 members (excludes halogenated alkanes) is 1. The quantitative estimate of drug-likeness (QED) is 0.428. The van der Waals surface area contributed by atoms with Crippen molar-refractivity contribution in [2.75, 3.05) is 37.2 Å². The summed E-state index contributed by atoms with van der Waals surface area (Å²) in [5, 5.41) is 5.74. The van der Waals surface area contributed by atoms with Crippen molar-refractivity contribution in [1.82, 2.24) is 10.2 Å². The molecule has 0 saturated carbocycles. The van der Waals surface area contributed by atoms with E-state index < -0.39 is 0 Å². The highest BCUT2D eigenvalue weighted by atomic mass is 16.2. The third-order valence-electron chi connectivity index (χ3n) is 3.90. The molecule has 1 aromatic carbocycles. The molecule has 1 rings (SSSR count). The highest BCUT2D eigenvalue weighted by Gasteiger charge is 2.05. The van der Waals surface area contributed by atoms with Crippen LogP contribution in [0.1, 0.15) is 39.5 Å². The molecule has 24 heavy (non-hydrogen) atoms. The number of carbonyl (C=O) groups is 2. The second kappa shape index (κ2) is 11.5. The second-order valence-electron chi connectivity index (χ2n) is 5.75. The third-order valence-corrected chi connectivity index (χ3v) is 3.90. The summed E-state index contributed by atoms with van der Waals surface area (Å²) in [5.41, 5.74) is 7.00. The van der Waals surface area contributed by atoms with E-state index in [4.69, 9.17) is 5.73 Å². The Balaban J connectivity index is 2.09. The molecule has 0 atom stereocenters. The van der Waals surface area contributed by atoms with Crippen LogP contribution in [0.5, 0.6) is 0 Å². The minimum atomic E-state index is -0.0401. The van der Waals surface area contributed by atoms with Crippen LogP contribution in [0.2, 0.25) is 0 Å². The van der Waals surface area contributed by atoms with Crippen LogP contribution in [0.4, 0.5) is 11.4 Å². The normalized spacial score (nSPS) is 10.6. The monoisotopic (exact) mass is 334 g/mol. The van der Waals surface area contributed by atoms with Gasteiger partial charge in [0.1, 0.15) is 0 Å². The summed E-state index contributed by atoms with van der Waals surface area (Å²) in [4.78, 5) is 25.8. The van der Waals surface area contributed by atoms with Crippen LogP contribution in [0, 0.1) is 0 Å². The van der Waals surface area contributed by atoms with E-state index in [0.29, 0.717) is 37.9 Å². The minimum absolute atomic E-state index is 0.0401. The van der Waals surface area contributed by atoms with Crippen LogP contribution < -0.4 is 16.4 Å². The molecular weight excluding hydrogens is 304 g/mol. The lowest BCUT2D eigenvalue weighted by molar-refractivity contribution is -0.121. The van der Waals surface area contributed by atoms with Crippen LogP contribution >= 0.6 is 0 Å². The number of amides is 2. The Labute approximate surface area is 144 Å². The number of likely N-dealkylation sites (N-methyl/N-ethyl adjacent to an activating group) is 1. The zero-order chi connectivity index (χ0) is 17.8. The standard InChI is InChI=1S/C18H30N4O2/c1-3-22(4-2)14-13-20-17(23)7-5-6-8-18(24)21-16-11-9-15(19)10-12-16/h9-12H,3-8,13-14,19H2,1-2H3,(H,20,23)(H,21,24). The molecule has 0 bridgehead atoms. The number of hydrogen-bond acceptors (Lipinski definition) is 4. The van der Waals surface area contributed by atoms with Gasteiger partial charge in [-0.3, -0.25) is 9.59 Å². The highest BCUT2D eigenvalue weighted by molar-refractivity contribution is 5.90. The van der Waals surface area contributed by atoms with E-state index in [1.54, 1.807) is 24.3 Å². The second-order valence-corrected chi connectivity index (χ2v) is 5.75. The first-order valence-electron chi connectivity index (χ1n) is 8.69. The predicted octanol–water partition coefficient (Wildman–Crippen LogP) is 2.23. The number of rotatable bonds is 11. The maximum atomic E-state index is 11.8. The van der Waals surface area contributed by atoms with Gasteiger partial charge in [-0.25, -0.2) is 0 Å². The van der Waals surface area contributed by atoms with Crippen LogP contribution in [-0.4, -0.2) is 42.9 Å². The molecule has 4 N–H and O–H groups in total. The summed E-state index contributed by atoms with van der Waals surface area (Å²) in [7, 11) is 0. The number of carbonyl (C=O) groups excluding carboxylic acids is 2. The van der Waals surface area contributed by atoms with Crippen LogP contribution in [-0.2, 0) is 9.59 Å². The van der Waals surface area contributed by atoms with Gasteiger partial charge < -0.3 is 21.3 Å². The fraction of sp³-hybridized carbons (Fsp3) is 0.556. The number of nitrogens with one attached hydrogen (secondary N) is 2. The van der Waals surface area contributed by atoms with E-state index >= 15 is 0 Å². The van der Waals surface area contributed by atoms with E-state index in [9.17, 15) is 9.59 Å². The molecule has 0 aliphatic rings. The lowest BCUT2D eigenvalue weighted by Gasteiger charge is -2.17. The lowest BCUT2D eigenvalue weighted by Crippen LogP contribution is -2.34. The molecule has 0 spiro atoms. The summed E-state index contributed by atoms with van der Waals surface area (Å²) < 4.78 is 0. The highest BCUT2D eigenvalue weighted by Crippen LogP contribution is 2.11. The Morgan fingerprint density at radius 3 is 2.17 bits per heavy atom. The maximum Gasteiger partial charge on any atom is 0.224 e. The van der Waals surface area contributed by atoms with E-state index in [-0.39, 0.29) is 11.8 Å². The number of anilines is 2. The van der Waals surface area contributed by atoms with Crippen LogP contribution in [0.3, 0.4) is 0 Å². The lowest BCUT2D eigenvalue weighted by atomic mass is 10.1. The summed E-state index contributed by atoms with van der Waals surface area (Å²) in [5.74, 6) is 0.0165. The van der Waals surface area contributed by atoms with E-state index in [2.05, 4.69) is 29.4 Å². The van der Waals surface area contributed by atoms with Crippen molar-refractivity contribution in [3.63, 3.8) is 0 Å². The van der Waals surface area contributed by atoms with Gasteiger partial charge in [-0.2, -0.15) is 0 Å². The van der Waals surface area contributed by atoms with E-state index in [1.165, 1.54) is 0 Å². The van der Waals surface area contributed by atoms with Crippen molar-refractivity contribution < 1.29 is 9.59 Å². The van der Waals surface area contributed by atoms with Crippen molar-refractivity contribution in [2.45, 2.75) is 39.5 Å². The van der Waals surface area contributed by atoms with Crippen molar-refractivity contribution >= 4 is 23.2 Å². The van der Waals surface area contributed by atoms with Gasteiger partial charge >= 0.3 is 0 Å². The van der Waals surface area contributed by atoms with Gasteiger partial charge in [-0.15, -0.1) is 0 Å². The molecule has 0 aliphatic carbocycles. The van der Waals surface area contributed by atoms with Crippen molar-refractivity contribution in [2.24, 2.45) is 0 Å². The van der Waals surface area contributed by atoms with Gasteiger partial charge in [0.2, 0.25) is 11.8 Å². The Hall–Kier alpha value is -2.08. The molecule has 0 unspecified atom stereocenters.